The number of benzene rings is 1. The zero-order valence-electron chi connectivity index (χ0n) is 11.2. The fourth-order valence-electron chi connectivity index (χ4n) is 2.29. The highest BCUT2D eigenvalue weighted by Crippen LogP contribution is 2.24. The maximum atomic E-state index is 8.78. The number of nitriles is 1. The zero-order chi connectivity index (χ0) is 13.1. The Labute approximate surface area is 108 Å². The van der Waals surface area contributed by atoms with Crippen molar-refractivity contribution < 1.29 is 0 Å². The number of aromatic nitrogens is 1. The van der Waals surface area contributed by atoms with Gasteiger partial charge in [-0.3, -0.25) is 0 Å². The van der Waals surface area contributed by atoms with Crippen LogP contribution in [0.4, 0.5) is 0 Å². The standard InChI is InChI=1S/C15H19N3/c1-11-13(7-9-18(2)3)14-10-12(6-8-16)4-5-15(14)17-11/h4-5,10,17H,6-7,9H2,1-3H3. The molecule has 0 aliphatic heterocycles. The van der Waals surface area contributed by atoms with Crippen LogP contribution in [-0.4, -0.2) is 30.5 Å². The van der Waals surface area contributed by atoms with Gasteiger partial charge in [0.25, 0.3) is 0 Å². The highest BCUT2D eigenvalue weighted by atomic mass is 15.0. The number of hydrogen-bond donors (Lipinski definition) is 1. The fourth-order valence-corrected chi connectivity index (χ4v) is 2.29. The molecule has 2 aromatic rings. The zero-order valence-corrected chi connectivity index (χ0v) is 11.2. The molecular weight excluding hydrogens is 222 g/mol. The number of rotatable bonds is 4. The third-order valence-corrected chi connectivity index (χ3v) is 3.28. The van der Waals surface area contributed by atoms with Crippen molar-refractivity contribution in [2.75, 3.05) is 20.6 Å². The number of aryl methyl sites for hydroxylation is 1. The molecule has 3 heteroatoms. The van der Waals surface area contributed by atoms with Gasteiger partial charge in [0, 0.05) is 23.1 Å². The van der Waals surface area contributed by atoms with E-state index in [0.29, 0.717) is 6.42 Å². The molecule has 0 aliphatic rings. The van der Waals surface area contributed by atoms with Crippen molar-refractivity contribution in [2.24, 2.45) is 0 Å². The van der Waals surface area contributed by atoms with E-state index in [1.54, 1.807) is 0 Å². The summed E-state index contributed by atoms with van der Waals surface area (Å²) in [6.07, 6.45) is 1.52. The Kier molecular flexibility index (Phi) is 3.69. The first-order chi connectivity index (χ1) is 8.61. The van der Waals surface area contributed by atoms with Crippen molar-refractivity contribution in [3.8, 4) is 6.07 Å². The minimum atomic E-state index is 0.479. The molecule has 0 saturated heterocycles. The van der Waals surface area contributed by atoms with Gasteiger partial charge in [-0.2, -0.15) is 5.26 Å². The average molecular weight is 241 g/mol. The molecule has 0 atom stereocenters. The van der Waals surface area contributed by atoms with E-state index in [9.17, 15) is 0 Å². The molecule has 1 aromatic carbocycles. The number of hydrogen-bond acceptors (Lipinski definition) is 2. The summed E-state index contributed by atoms with van der Waals surface area (Å²) >= 11 is 0. The molecule has 0 aliphatic carbocycles. The summed E-state index contributed by atoms with van der Waals surface area (Å²) in [5.41, 5.74) is 4.87. The number of H-pyrrole nitrogens is 1. The second-order valence-corrected chi connectivity index (χ2v) is 5.00. The van der Waals surface area contributed by atoms with E-state index in [-0.39, 0.29) is 0 Å². The van der Waals surface area contributed by atoms with Crippen LogP contribution < -0.4 is 0 Å². The molecule has 1 aromatic heterocycles. The fraction of sp³-hybridized carbons (Fsp3) is 0.400. The van der Waals surface area contributed by atoms with Gasteiger partial charge < -0.3 is 9.88 Å². The lowest BCUT2D eigenvalue weighted by Gasteiger charge is -2.09. The number of nitrogens with one attached hydrogen (secondary N) is 1. The molecule has 1 N–H and O–H groups in total. The van der Waals surface area contributed by atoms with Crippen molar-refractivity contribution in [1.29, 1.82) is 5.26 Å². The molecule has 94 valence electrons. The van der Waals surface area contributed by atoms with Crippen LogP contribution in [0.3, 0.4) is 0 Å². The summed E-state index contributed by atoms with van der Waals surface area (Å²) in [5.74, 6) is 0. The number of fused-ring (bicyclic) bond motifs is 1. The lowest BCUT2D eigenvalue weighted by molar-refractivity contribution is 0.414. The van der Waals surface area contributed by atoms with Crippen LogP contribution in [0.2, 0.25) is 0 Å². The third-order valence-electron chi connectivity index (χ3n) is 3.28. The summed E-state index contributed by atoms with van der Waals surface area (Å²) in [7, 11) is 4.18. The van der Waals surface area contributed by atoms with Crippen LogP contribution in [-0.2, 0) is 12.8 Å². The Bertz CT molecular complexity index is 588. The minimum absolute atomic E-state index is 0.479. The Balaban J connectivity index is 2.40. The third kappa shape index (κ3) is 2.55. The Morgan fingerprint density at radius 2 is 2.11 bits per heavy atom. The summed E-state index contributed by atoms with van der Waals surface area (Å²) in [6.45, 7) is 3.16. The van der Waals surface area contributed by atoms with Gasteiger partial charge in [-0.15, -0.1) is 0 Å². The van der Waals surface area contributed by atoms with Gasteiger partial charge in [-0.05, 0) is 50.7 Å². The van der Waals surface area contributed by atoms with E-state index in [2.05, 4.69) is 49.1 Å². The Hall–Kier alpha value is -1.79. The number of likely N-dealkylation sites (N-methyl/N-ethyl adjacent to an activating group) is 1. The molecule has 18 heavy (non-hydrogen) atoms. The molecule has 0 spiro atoms. The first-order valence-electron chi connectivity index (χ1n) is 6.23. The van der Waals surface area contributed by atoms with Crippen LogP contribution in [0.5, 0.6) is 0 Å². The molecule has 0 radical (unpaired) electrons. The van der Waals surface area contributed by atoms with E-state index in [1.165, 1.54) is 22.2 Å². The van der Waals surface area contributed by atoms with Crippen LogP contribution in [0.1, 0.15) is 16.8 Å². The minimum Gasteiger partial charge on any atom is -0.358 e. The molecule has 0 bridgehead atoms. The number of nitrogens with zero attached hydrogens (tertiary/aromatic N) is 2. The highest BCUT2D eigenvalue weighted by Gasteiger charge is 2.09. The maximum Gasteiger partial charge on any atom is 0.0669 e. The molecular formula is C15H19N3. The van der Waals surface area contributed by atoms with Crippen molar-refractivity contribution in [1.82, 2.24) is 9.88 Å². The summed E-state index contributed by atoms with van der Waals surface area (Å²) < 4.78 is 0. The van der Waals surface area contributed by atoms with Crippen LogP contribution in [0, 0.1) is 18.3 Å². The van der Waals surface area contributed by atoms with Gasteiger partial charge in [0.1, 0.15) is 0 Å². The second kappa shape index (κ2) is 5.24. The Morgan fingerprint density at radius 3 is 2.78 bits per heavy atom. The van der Waals surface area contributed by atoms with Gasteiger partial charge in [-0.1, -0.05) is 6.07 Å². The first-order valence-corrected chi connectivity index (χ1v) is 6.23. The smallest absolute Gasteiger partial charge is 0.0669 e. The molecule has 1 heterocycles. The van der Waals surface area contributed by atoms with E-state index >= 15 is 0 Å². The molecule has 2 rings (SSSR count). The average Bonchev–Trinajstić information content (AvgIpc) is 2.62. The molecule has 0 unspecified atom stereocenters. The summed E-state index contributed by atoms with van der Waals surface area (Å²) in [4.78, 5) is 5.61. The topological polar surface area (TPSA) is 42.8 Å². The first kappa shape index (κ1) is 12.7. The van der Waals surface area contributed by atoms with E-state index in [1.807, 2.05) is 6.07 Å². The number of aromatic amines is 1. The SMILES string of the molecule is Cc1[nH]c2ccc(CC#N)cc2c1CCN(C)C. The molecule has 0 saturated carbocycles. The second-order valence-electron chi connectivity index (χ2n) is 5.00. The molecule has 0 amide bonds. The van der Waals surface area contributed by atoms with Gasteiger partial charge in [0.2, 0.25) is 0 Å². The van der Waals surface area contributed by atoms with E-state index < -0.39 is 0 Å². The van der Waals surface area contributed by atoms with Crippen LogP contribution in [0.15, 0.2) is 18.2 Å². The van der Waals surface area contributed by atoms with E-state index in [0.717, 1.165) is 18.5 Å². The van der Waals surface area contributed by atoms with Crippen LogP contribution >= 0.6 is 0 Å². The predicted octanol–water partition coefficient (Wildman–Crippen LogP) is 2.65. The lowest BCUT2D eigenvalue weighted by atomic mass is 10.0. The summed E-state index contributed by atoms with van der Waals surface area (Å²) in [5, 5.41) is 10.0. The normalized spacial score (nSPS) is 11.1. The molecule has 0 fully saturated rings. The van der Waals surface area contributed by atoms with Gasteiger partial charge in [0.05, 0.1) is 12.5 Å². The van der Waals surface area contributed by atoms with Gasteiger partial charge >= 0.3 is 0 Å². The maximum absolute atomic E-state index is 8.78. The van der Waals surface area contributed by atoms with Crippen molar-refractivity contribution in [3.63, 3.8) is 0 Å². The largest absolute Gasteiger partial charge is 0.358 e. The van der Waals surface area contributed by atoms with Crippen LogP contribution in [0.25, 0.3) is 10.9 Å². The van der Waals surface area contributed by atoms with Gasteiger partial charge in [-0.25, -0.2) is 0 Å². The lowest BCUT2D eigenvalue weighted by Crippen LogP contribution is -2.15. The molecule has 3 nitrogen and oxygen atoms in total. The Morgan fingerprint density at radius 1 is 1.33 bits per heavy atom. The monoisotopic (exact) mass is 241 g/mol. The van der Waals surface area contributed by atoms with Crippen molar-refractivity contribution in [3.05, 3.63) is 35.0 Å². The van der Waals surface area contributed by atoms with Gasteiger partial charge in [0.15, 0.2) is 0 Å². The predicted molar refractivity (Wildman–Crippen MR) is 74.6 cm³/mol. The highest BCUT2D eigenvalue weighted by molar-refractivity contribution is 5.85. The van der Waals surface area contributed by atoms with Crippen molar-refractivity contribution >= 4 is 10.9 Å². The summed E-state index contributed by atoms with van der Waals surface area (Å²) in [6, 6.07) is 8.46. The van der Waals surface area contributed by atoms with E-state index in [4.69, 9.17) is 5.26 Å². The van der Waals surface area contributed by atoms with Crippen molar-refractivity contribution in [2.45, 2.75) is 19.8 Å². The quantitative estimate of drug-likeness (QED) is 0.894.